The van der Waals surface area contributed by atoms with Gasteiger partial charge in [0.15, 0.2) is 0 Å². The molecule has 0 spiro atoms. The number of fused-ring (bicyclic) bond motifs is 1. The van der Waals surface area contributed by atoms with E-state index < -0.39 is 5.60 Å². The Kier molecular flexibility index (Phi) is 2.75. The van der Waals surface area contributed by atoms with Crippen molar-refractivity contribution in [3.63, 3.8) is 0 Å². The summed E-state index contributed by atoms with van der Waals surface area (Å²) in [5, 5.41) is 9.77. The molecule has 1 saturated heterocycles. The molecule has 0 aromatic carbocycles. The van der Waals surface area contributed by atoms with E-state index in [0.717, 1.165) is 19.4 Å². The van der Waals surface area contributed by atoms with Gasteiger partial charge in [-0.15, -0.1) is 0 Å². The molecule has 0 radical (unpaired) electrons. The first-order valence-corrected chi connectivity index (χ1v) is 6.03. The van der Waals surface area contributed by atoms with E-state index >= 15 is 0 Å². The summed E-state index contributed by atoms with van der Waals surface area (Å²) in [5.41, 5.74) is -1.20. The fraction of sp³-hybridized carbons (Fsp3) is 0.917. The van der Waals surface area contributed by atoms with Crippen molar-refractivity contribution >= 4 is 5.91 Å². The highest BCUT2D eigenvalue weighted by Crippen LogP contribution is 2.37. The minimum Gasteiger partial charge on any atom is -0.381 e. The minimum atomic E-state index is -1.20. The molecule has 2 atom stereocenters. The summed E-state index contributed by atoms with van der Waals surface area (Å²) in [6.07, 6.45) is 6.00. The molecule has 1 amide bonds. The summed E-state index contributed by atoms with van der Waals surface area (Å²) in [6.45, 7) is 4.02. The van der Waals surface area contributed by atoms with Crippen molar-refractivity contribution in [1.82, 2.24) is 4.90 Å². The fourth-order valence-corrected chi connectivity index (χ4v) is 3.06. The summed E-state index contributed by atoms with van der Waals surface area (Å²) in [7, 11) is 0. The third kappa shape index (κ3) is 2.03. The summed E-state index contributed by atoms with van der Waals surface area (Å²) in [5.74, 6) is 0.615. The summed E-state index contributed by atoms with van der Waals surface area (Å²) in [4.78, 5) is 14.0. The zero-order valence-corrected chi connectivity index (χ0v) is 9.70. The third-order valence-electron chi connectivity index (χ3n) is 3.78. The van der Waals surface area contributed by atoms with Crippen molar-refractivity contribution in [2.24, 2.45) is 5.92 Å². The van der Waals surface area contributed by atoms with Crippen molar-refractivity contribution in [3.05, 3.63) is 0 Å². The highest BCUT2D eigenvalue weighted by atomic mass is 16.3. The molecule has 2 unspecified atom stereocenters. The number of carbonyl (C=O) groups is 1. The van der Waals surface area contributed by atoms with Gasteiger partial charge in [-0.2, -0.15) is 0 Å². The zero-order chi connectivity index (χ0) is 11.1. The quantitative estimate of drug-likeness (QED) is 0.715. The van der Waals surface area contributed by atoms with Crippen LogP contribution < -0.4 is 0 Å². The molecule has 1 saturated carbocycles. The second-order valence-electron chi connectivity index (χ2n) is 5.46. The van der Waals surface area contributed by atoms with Crippen LogP contribution in [0.3, 0.4) is 0 Å². The number of rotatable bonds is 1. The van der Waals surface area contributed by atoms with E-state index in [1.54, 1.807) is 13.8 Å². The van der Waals surface area contributed by atoms with Gasteiger partial charge in [0.2, 0.25) is 0 Å². The van der Waals surface area contributed by atoms with Gasteiger partial charge in [-0.05, 0) is 45.4 Å². The second-order valence-corrected chi connectivity index (χ2v) is 5.46. The number of piperidine rings is 1. The lowest BCUT2D eigenvalue weighted by molar-refractivity contribution is -0.152. The fourth-order valence-electron chi connectivity index (χ4n) is 3.06. The average Bonchev–Trinajstić information content (AvgIpc) is 2.62. The molecule has 2 rings (SSSR count). The van der Waals surface area contributed by atoms with Crippen LogP contribution in [0.5, 0.6) is 0 Å². The van der Waals surface area contributed by atoms with Crippen molar-refractivity contribution in [3.8, 4) is 0 Å². The van der Waals surface area contributed by atoms with Crippen LogP contribution in [0.15, 0.2) is 0 Å². The van der Waals surface area contributed by atoms with Gasteiger partial charge in [-0.25, -0.2) is 0 Å². The van der Waals surface area contributed by atoms with Crippen molar-refractivity contribution < 1.29 is 9.90 Å². The van der Waals surface area contributed by atoms with Gasteiger partial charge in [0.25, 0.3) is 5.91 Å². The molecular weight excluding hydrogens is 190 g/mol. The lowest BCUT2D eigenvalue weighted by Crippen LogP contribution is -2.53. The van der Waals surface area contributed by atoms with Crippen LogP contribution in [0.25, 0.3) is 0 Å². The monoisotopic (exact) mass is 211 g/mol. The largest absolute Gasteiger partial charge is 0.381 e. The van der Waals surface area contributed by atoms with Crippen molar-refractivity contribution in [1.29, 1.82) is 0 Å². The van der Waals surface area contributed by atoms with E-state index in [4.69, 9.17) is 0 Å². The molecule has 1 N–H and O–H groups in total. The normalized spacial score (nSPS) is 31.5. The van der Waals surface area contributed by atoms with Crippen LogP contribution in [0.4, 0.5) is 0 Å². The Bertz CT molecular complexity index is 257. The summed E-state index contributed by atoms with van der Waals surface area (Å²) in [6, 6.07) is 0.415. The molecule has 0 aromatic heterocycles. The number of nitrogens with zero attached hydrogens (tertiary/aromatic N) is 1. The molecule has 0 aromatic rings. The first kappa shape index (κ1) is 10.9. The average molecular weight is 211 g/mol. The molecule has 86 valence electrons. The van der Waals surface area contributed by atoms with Crippen LogP contribution >= 0.6 is 0 Å². The van der Waals surface area contributed by atoms with Gasteiger partial charge < -0.3 is 10.0 Å². The molecule has 15 heavy (non-hydrogen) atoms. The van der Waals surface area contributed by atoms with Crippen LogP contribution in [0.2, 0.25) is 0 Å². The number of amides is 1. The highest BCUT2D eigenvalue weighted by molar-refractivity contribution is 5.84. The van der Waals surface area contributed by atoms with E-state index in [0.29, 0.717) is 12.0 Å². The van der Waals surface area contributed by atoms with Crippen LogP contribution in [0, 0.1) is 5.92 Å². The number of hydrogen-bond donors (Lipinski definition) is 1. The number of hydrogen-bond acceptors (Lipinski definition) is 2. The molecular formula is C12H21NO2. The van der Waals surface area contributed by atoms with E-state index in [2.05, 4.69) is 0 Å². The Morgan fingerprint density at radius 3 is 2.60 bits per heavy atom. The van der Waals surface area contributed by atoms with Crippen molar-refractivity contribution in [2.75, 3.05) is 6.54 Å². The van der Waals surface area contributed by atoms with E-state index in [1.807, 2.05) is 4.90 Å². The smallest absolute Gasteiger partial charge is 0.254 e. The van der Waals surface area contributed by atoms with Crippen LogP contribution in [0.1, 0.15) is 46.0 Å². The molecule has 2 aliphatic rings. The standard InChI is InChI=1S/C12H21NO2/c1-12(2,15)11(14)13-8-4-6-9-5-3-7-10(9)13/h9-10,15H,3-8H2,1-2H3. The molecule has 1 aliphatic carbocycles. The maximum absolute atomic E-state index is 12.0. The van der Waals surface area contributed by atoms with E-state index in [1.165, 1.54) is 19.3 Å². The maximum Gasteiger partial charge on any atom is 0.254 e. The Balaban J connectivity index is 2.11. The maximum atomic E-state index is 12.0. The Labute approximate surface area is 91.5 Å². The van der Waals surface area contributed by atoms with Crippen LogP contribution in [-0.4, -0.2) is 34.1 Å². The van der Waals surface area contributed by atoms with Crippen molar-refractivity contribution in [2.45, 2.75) is 57.6 Å². The SMILES string of the molecule is CC(C)(O)C(=O)N1CCCC2CCCC21. The van der Waals surface area contributed by atoms with Gasteiger partial charge in [-0.3, -0.25) is 4.79 Å². The lowest BCUT2D eigenvalue weighted by Gasteiger charge is -2.40. The minimum absolute atomic E-state index is 0.0842. The van der Waals surface area contributed by atoms with Gasteiger partial charge in [0.05, 0.1) is 0 Å². The molecule has 1 heterocycles. The first-order chi connectivity index (χ1) is 7.00. The molecule has 2 fully saturated rings. The van der Waals surface area contributed by atoms with Gasteiger partial charge in [0.1, 0.15) is 5.60 Å². The predicted octanol–water partition coefficient (Wildman–Crippen LogP) is 1.55. The van der Waals surface area contributed by atoms with E-state index in [-0.39, 0.29) is 5.91 Å². The Morgan fingerprint density at radius 1 is 1.27 bits per heavy atom. The third-order valence-corrected chi connectivity index (χ3v) is 3.78. The molecule has 1 aliphatic heterocycles. The highest BCUT2D eigenvalue weighted by Gasteiger charge is 2.41. The lowest BCUT2D eigenvalue weighted by atomic mass is 9.90. The molecule has 3 heteroatoms. The number of carbonyl (C=O) groups excluding carboxylic acids is 1. The Hall–Kier alpha value is -0.570. The topological polar surface area (TPSA) is 40.5 Å². The summed E-state index contributed by atoms with van der Waals surface area (Å²) < 4.78 is 0. The second kappa shape index (κ2) is 3.78. The number of aliphatic hydroxyl groups is 1. The first-order valence-electron chi connectivity index (χ1n) is 6.03. The molecule has 3 nitrogen and oxygen atoms in total. The van der Waals surface area contributed by atoms with Gasteiger partial charge in [0, 0.05) is 12.6 Å². The van der Waals surface area contributed by atoms with Gasteiger partial charge >= 0.3 is 0 Å². The van der Waals surface area contributed by atoms with Crippen LogP contribution in [-0.2, 0) is 4.79 Å². The predicted molar refractivity (Wildman–Crippen MR) is 58.4 cm³/mol. The zero-order valence-electron chi connectivity index (χ0n) is 9.70. The number of likely N-dealkylation sites (tertiary alicyclic amines) is 1. The molecule has 0 bridgehead atoms. The summed E-state index contributed by atoms with van der Waals surface area (Å²) >= 11 is 0. The van der Waals surface area contributed by atoms with E-state index in [9.17, 15) is 9.90 Å². The Morgan fingerprint density at radius 2 is 1.93 bits per heavy atom. The van der Waals surface area contributed by atoms with Gasteiger partial charge in [-0.1, -0.05) is 6.42 Å².